The van der Waals surface area contributed by atoms with Gasteiger partial charge in [-0.25, -0.2) is 0 Å². The van der Waals surface area contributed by atoms with E-state index in [1.54, 1.807) is 0 Å². The molecule has 0 saturated heterocycles. The van der Waals surface area contributed by atoms with Crippen molar-refractivity contribution in [2.45, 2.75) is 41.5 Å². The van der Waals surface area contributed by atoms with Gasteiger partial charge in [0.05, 0.1) is 0 Å². The van der Waals surface area contributed by atoms with Gasteiger partial charge in [0.25, 0.3) is 0 Å². The molecule has 44 heavy (non-hydrogen) atoms. The van der Waals surface area contributed by atoms with E-state index in [0.717, 1.165) is 0 Å². The van der Waals surface area contributed by atoms with E-state index in [1.807, 2.05) is 0 Å². The van der Waals surface area contributed by atoms with Crippen molar-refractivity contribution in [2.24, 2.45) is 0 Å². The van der Waals surface area contributed by atoms with Crippen LogP contribution in [0.2, 0.25) is 0 Å². The highest BCUT2D eigenvalue weighted by molar-refractivity contribution is 7.42. The maximum absolute atomic E-state index is 2.40. The molecule has 3 aromatic carbocycles. The summed E-state index contributed by atoms with van der Waals surface area (Å²) in [6.07, 6.45) is 0. The number of fused-ring (bicyclic) bond motifs is 2. The second-order valence-electron chi connectivity index (χ2n) is 12.3. The quantitative estimate of drug-likeness (QED) is 0.176. The second kappa shape index (κ2) is 11.4. The molecule has 2 heteroatoms. The predicted octanol–water partition coefficient (Wildman–Crippen LogP) is 11.6. The van der Waals surface area contributed by atoms with Crippen LogP contribution in [0, 0.1) is 51.4 Å². The summed E-state index contributed by atoms with van der Waals surface area (Å²) in [5.41, 5.74) is 18.7. The third-order valence-electron chi connectivity index (χ3n) is 8.70. The number of benzene rings is 2. The van der Waals surface area contributed by atoms with Crippen molar-refractivity contribution in [3.05, 3.63) is 152 Å². The Bertz CT molecular complexity index is 1970. The van der Waals surface area contributed by atoms with Crippen molar-refractivity contribution in [1.29, 1.82) is 0 Å². The highest BCUT2D eigenvalue weighted by atomic mass is 31.1. The molecule has 0 bridgehead atoms. The van der Waals surface area contributed by atoms with Gasteiger partial charge >= 0.3 is 0 Å². The van der Waals surface area contributed by atoms with Crippen LogP contribution in [-0.2, 0) is 0 Å². The molecule has 4 aliphatic carbocycles. The zero-order valence-electron chi connectivity index (χ0n) is 26.3. The van der Waals surface area contributed by atoms with Crippen LogP contribution in [0.25, 0.3) is 44.5 Å². The molecule has 0 aromatic heterocycles. The minimum absolute atomic E-state index is 1.28. The van der Waals surface area contributed by atoms with Gasteiger partial charge in [0.1, 0.15) is 0 Å². The molecule has 7 rings (SSSR count). The van der Waals surface area contributed by atoms with Gasteiger partial charge in [0.2, 0.25) is 0 Å². The summed E-state index contributed by atoms with van der Waals surface area (Å²) < 4.78 is 0. The summed E-state index contributed by atoms with van der Waals surface area (Å²) in [4.78, 5) is 2.90. The van der Waals surface area contributed by atoms with Crippen molar-refractivity contribution in [3.63, 3.8) is 0 Å². The lowest BCUT2D eigenvalue weighted by molar-refractivity contribution is 1.35. The normalized spacial score (nSPS) is 12.6. The van der Waals surface area contributed by atoms with Crippen molar-refractivity contribution in [1.82, 2.24) is 0 Å². The first kappa shape index (κ1) is 28.7. The first-order chi connectivity index (χ1) is 21.3. The van der Waals surface area contributed by atoms with Crippen molar-refractivity contribution >= 4 is 27.0 Å². The Labute approximate surface area is 264 Å². The number of hydrogen-bond acceptors (Lipinski definition) is 0. The summed E-state index contributed by atoms with van der Waals surface area (Å²) in [7, 11) is 2.56. The lowest BCUT2D eigenvalue weighted by atomic mass is 9.93. The molecule has 0 radical (unpaired) electrons. The Hall–Kier alpha value is -4.08. The van der Waals surface area contributed by atoms with Gasteiger partial charge in [0.15, 0.2) is 0 Å². The Morgan fingerprint density at radius 1 is 0.341 bits per heavy atom. The second-order valence-corrected chi connectivity index (χ2v) is 14.5. The first-order valence-electron chi connectivity index (χ1n) is 15.3. The van der Waals surface area contributed by atoms with E-state index in [2.05, 4.69) is 151 Å². The maximum atomic E-state index is 2.40. The fraction of sp³-hybridized carbons (Fsp3) is 0.143. The molecule has 0 unspecified atom stereocenters. The molecule has 0 aliphatic heterocycles. The maximum Gasteiger partial charge on any atom is 0.0234 e. The van der Waals surface area contributed by atoms with Crippen LogP contribution in [-0.4, -0.2) is 0 Å². The Kier molecular flexibility index (Phi) is 7.46. The van der Waals surface area contributed by atoms with E-state index < -0.39 is 0 Å². The van der Waals surface area contributed by atoms with E-state index in [9.17, 15) is 0 Å². The summed E-state index contributed by atoms with van der Waals surface area (Å²) >= 11 is 0. The van der Waals surface area contributed by atoms with Gasteiger partial charge in [-0.1, -0.05) is 112 Å². The average molecular weight is 603 g/mol. The molecule has 3 aromatic rings. The predicted molar refractivity (Wildman–Crippen MR) is 194 cm³/mol. The zero-order valence-corrected chi connectivity index (χ0v) is 28.1. The molecule has 4 aliphatic rings. The van der Waals surface area contributed by atoms with Crippen molar-refractivity contribution in [3.8, 4) is 44.5 Å². The van der Waals surface area contributed by atoms with Crippen molar-refractivity contribution in [2.75, 3.05) is 0 Å². The molecule has 0 N–H and O–H groups in total. The number of aryl methyl sites for hydroxylation is 6. The van der Waals surface area contributed by atoms with E-state index in [0.29, 0.717) is 0 Å². The van der Waals surface area contributed by atoms with Gasteiger partial charge in [-0.15, -0.1) is 0 Å². The van der Waals surface area contributed by atoms with Crippen molar-refractivity contribution < 1.29 is 0 Å². The molecular weight excluding hydrogens is 566 g/mol. The summed E-state index contributed by atoms with van der Waals surface area (Å²) in [5, 5.41) is 2.85. The number of hydrogen-bond donors (Lipinski definition) is 0. The zero-order chi connectivity index (χ0) is 30.5. The van der Waals surface area contributed by atoms with Gasteiger partial charge < -0.3 is 0 Å². The van der Waals surface area contributed by atoms with Gasteiger partial charge in [-0.05, 0) is 121 Å². The smallest absolute Gasteiger partial charge is 0.0234 e. The van der Waals surface area contributed by atoms with Crippen LogP contribution in [0.1, 0.15) is 33.4 Å². The molecule has 214 valence electrons. The van der Waals surface area contributed by atoms with E-state index in [-0.39, 0.29) is 0 Å². The molecule has 0 spiro atoms. The Morgan fingerprint density at radius 3 is 0.932 bits per heavy atom. The average Bonchev–Trinajstić information content (AvgIpc) is 3.37. The lowest BCUT2D eigenvalue weighted by Crippen LogP contribution is -2.06. The van der Waals surface area contributed by atoms with E-state index >= 15 is 0 Å². The molecule has 0 heterocycles. The molecule has 0 nitrogen and oxygen atoms in total. The largest absolute Gasteiger partial charge is 0.0622 e. The standard InChI is InChI=1S/C42H36P2/c1-25-17-27(3)39(28(4)18-25)43-41-37(35-21-31-13-9-7-10-14-32(31)22-35)38(36-23-33-15-11-8-12-16-34(33)24-36)42(41)44-40-29(5)19-26(2)20-30(40)6/h7-24H,1-6H3. The van der Waals surface area contributed by atoms with Gasteiger partial charge in [-0.3, -0.25) is 0 Å². The van der Waals surface area contributed by atoms with Crippen LogP contribution in [0.3, 0.4) is 0 Å². The minimum Gasteiger partial charge on any atom is -0.0622 e. The minimum atomic E-state index is 1.28. The molecular formula is C42H36P2. The van der Waals surface area contributed by atoms with Crippen LogP contribution in [0.5, 0.6) is 0 Å². The van der Waals surface area contributed by atoms with E-state index in [1.165, 1.54) is 115 Å². The topological polar surface area (TPSA) is 0 Å². The fourth-order valence-corrected chi connectivity index (χ4v) is 9.68. The summed E-state index contributed by atoms with van der Waals surface area (Å²) in [6.45, 7) is 13.5. The highest BCUT2D eigenvalue weighted by Crippen LogP contribution is 2.48. The molecule has 0 fully saturated rings. The van der Waals surface area contributed by atoms with Crippen LogP contribution < -0.4 is 10.6 Å². The SMILES string of the molecule is Cc1cc(C)c(P=c2c(-c3cc4cccccc-4c3)c(-c3cc4cccccc-4c3)c2=Pc2c(C)cc(C)cc2C)c(C)c1. The molecule has 0 saturated carbocycles. The van der Waals surface area contributed by atoms with Crippen LogP contribution >= 0.6 is 16.4 Å². The third-order valence-corrected chi connectivity index (χ3v) is 12.1. The van der Waals surface area contributed by atoms with Crippen LogP contribution in [0.15, 0.2) is 109 Å². The Balaban J connectivity index is 1.62. The number of rotatable bonds is 4. The molecule has 0 atom stereocenters. The fourth-order valence-electron chi connectivity index (χ4n) is 6.83. The summed E-state index contributed by atoms with van der Waals surface area (Å²) in [5.74, 6) is 0. The monoisotopic (exact) mass is 602 g/mol. The van der Waals surface area contributed by atoms with Gasteiger partial charge in [0, 0.05) is 31.6 Å². The van der Waals surface area contributed by atoms with E-state index in [4.69, 9.17) is 0 Å². The highest BCUT2D eigenvalue weighted by Gasteiger charge is 2.23. The first-order valence-corrected chi connectivity index (χ1v) is 17.1. The van der Waals surface area contributed by atoms with Crippen LogP contribution in [0.4, 0.5) is 0 Å². The summed E-state index contributed by atoms with van der Waals surface area (Å²) in [6, 6.07) is 40.7. The Morgan fingerprint density at radius 2 is 0.636 bits per heavy atom. The molecule has 0 amide bonds. The third kappa shape index (κ3) is 5.18. The van der Waals surface area contributed by atoms with Gasteiger partial charge in [-0.2, -0.15) is 0 Å². The lowest BCUT2D eigenvalue weighted by Gasteiger charge is -2.18.